The number of nitrogens with two attached hydrogens (primary N) is 2. The topological polar surface area (TPSA) is 52.0 Å². The fraction of sp³-hybridized carbons (Fsp3) is 0.250. The number of nitrogen functional groups attached to an aromatic ring is 2. The second kappa shape index (κ2) is 8.25. The Balaban J connectivity index is 0.000000235. The standard InChI is InChI=1S/C10H14ClNS.C6H6ClNS/c1-10(2,3)13-8-6-4-5-7(12)9(8)11;7-6-4(8)2-1-3-5(6)9/h4-6H,12H2,1-3H3;1-3,9H,8H2. The van der Waals surface area contributed by atoms with E-state index < -0.39 is 0 Å². The Bertz CT molecular complexity index is 620. The van der Waals surface area contributed by atoms with Crippen LogP contribution in [0.15, 0.2) is 46.2 Å². The van der Waals surface area contributed by atoms with Gasteiger partial charge in [0.25, 0.3) is 0 Å². The van der Waals surface area contributed by atoms with Gasteiger partial charge in [-0.3, -0.25) is 0 Å². The van der Waals surface area contributed by atoms with Gasteiger partial charge in [-0.05, 0) is 24.3 Å². The van der Waals surface area contributed by atoms with Crippen LogP contribution in [-0.4, -0.2) is 4.75 Å². The summed E-state index contributed by atoms with van der Waals surface area (Å²) in [6.07, 6.45) is 0. The van der Waals surface area contributed by atoms with E-state index in [1.54, 1.807) is 23.9 Å². The summed E-state index contributed by atoms with van der Waals surface area (Å²) in [5.74, 6) is 0. The van der Waals surface area contributed by atoms with Gasteiger partial charge in [-0.2, -0.15) is 0 Å². The molecule has 2 rings (SSSR count). The molecule has 120 valence electrons. The van der Waals surface area contributed by atoms with Gasteiger partial charge >= 0.3 is 0 Å². The van der Waals surface area contributed by atoms with Crippen molar-refractivity contribution < 1.29 is 0 Å². The summed E-state index contributed by atoms with van der Waals surface area (Å²) in [4.78, 5) is 1.77. The molecule has 22 heavy (non-hydrogen) atoms. The van der Waals surface area contributed by atoms with Gasteiger partial charge in [-0.15, -0.1) is 24.4 Å². The Labute approximate surface area is 152 Å². The van der Waals surface area contributed by atoms with Crippen molar-refractivity contribution in [1.82, 2.24) is 0 Å². The highest BCUT2D eigenvalue weighted by Crippen LogP contribution is 2.38. The average Bonchev–Trinajstić information content (AvgIpc) is 2.40. The molecule has 2 aromatic carbocycles. The van der Waals surface area contributed by atoms with Crippen molar-refractivity contribution in [2.45, 2.75) is 35.3 Å². The highest BCUT2D eigenvalue weighted by Gasteiger charge is 2.14. The van der Waals surface area contributed by atoms with Crippen LogP contribution in [0.1, 0.15) is 20.8 Å². The summed E-state index contributed by atoms with van der Waals surface area (Å²) < 4.78 is 0.164. The lowest BCUT2D eigenvalue weighted by Crippen LogP contribution is -2.06. The molecule has 0 fully saturated rings. The summed E-state index contributed by atoms with van der Waals surface area (Å²) in [6, 6.07) is 11.1. The molecule has 2 nitrogen and oxygen atoms in total. The Morgan fingerprint density at radius 3 is 1.86 bits per heavy atom. The first-order chi connectivity index (χ1) is 10.1. The molecule has 0 unspecified atom stereocenters. The first kappa shape index (κ1) is 19.4. The minimum Gasteiger partial charge on any atom is -0.397 e. The third-order valence-electron chi connectivity index (χ3n) is 2.42. The molecule has 0 bridgehead atoms. The zero-order valence-electron chi connectivity index (χ0n) is 12.7. The molecule has 0 radical (unpaired) electrons. The van der Waals surface area contributed by atoms with Crippen molar-refractivity contribution in [3.63, 3.8) is 0 Å². The SMILES string of the molecule is CC(C)(C)Sc1cccc(N)c1Cl.Nc1cccc(S)c1Cl. The molecular formula is C16H20Cl2N2S2. The van der Waals surface area contributed by atoms with Crippen molar-refractivity contribution in [3.05, 3.63) is 46.4 Å². The normalized spacial score (nSPS) is 10.8. The van der Waals surface area contributed by atoms with Gasteiger partial charge in [0.15, 0.2) is 0 Å². The number of hydrogen-bond acceptors (Lipinski definition) is 4. The van der Waals surface area contributed by atoms with Crippen molar-refractivity contribution in [1.29, 1.82) is 0 Å². The maximum Gasteiger partial charge on any atom is 0.0771 e. The molecule has 2 aromatic rings. The van der Waals surface area contributed by atoms with Crippen molar-refractivity contribution in [3.8, 4) is 0 Å². The highest BCUT2D eigenvalue weighted by atomic mass is 35.5. The number of benzene rings is 2. The lowest BCUT2D eigenvalue weighted by atomic mass is 10.3. The zero-order chi connectivity index (χ0) is 16.9. The van der Waals surface area contributed by atoms with E-state index in [2.05, 4.69) is 33.4 Å². The van der Waals surface area contributed by atoms with Crippen molar-refractivity contribution >= 4 is 59.0 Å². The molecule has 0 aromatic heterocycles. The summed E-state index contributed by atoms with van der Waals surface area (Å²) in [5, 5.41) is 1.20. The average molecular weight is 375 g/mol. The maximum atomic E-state index is 6.05. The molecule has 0 aliphatic heterocycles. The van der Waals surface area contributed by atoms with Gasteiger partial charge < -0.3 is 11.5 Å². The van der Waals surface area contributed by atoms with Gasteiger partial charge in [-0.25, -0.2) is 0 Å². The van der Waals surface area contributed by atoms with Crippen LogP contribution in [0.25, 0.3) is 0 Å². The van der Waals surface area contributed by atoms with E-state index in [0.717, 1.165) is 9.79 Å². The molecule has 0 aliphatic rings. The van der Waals surface area contributed by atoms with Gasteiger partial charge in [0, 0.05) is 14.5 Å². The van der Waals surface area contributed by atoms with Crippen LogP contribution in [0.5, 0.6) is 0 Å². The number of halogens is 2. The predicted molar refractivity (Wildman–Crippen MR) is 105 cm³/mol. The fourth-order valence-electron chi connectivity index (χ4n) is 1.47. The fourth-order valence-corrected chi connectivity index (χ4v) is 3.07. The summed E-state index contributed by atoms with van der Waals surface area (Å²) in [5.41, 5.74) is 12.4. The number of thioether (sulfide) groups is 1. The first-order valence-electron chi connectivity index (χ1n) is 6.58. The molecule has 6 heteroatoms. The molecule has 0 spiro atoms. The number of thiol groups is 1. The summed E-state index contributed by atoms with van der Waals surface area (Å²) in [7, 11) is 0. The van der Waals surface area contributed by atoms with Crippen molar-refractivity contribution in [2.75, 3.05) is 11.5 Å². The van der Waals surface area contributed by atoms with E-state index in [-0.39, 0.29) is 4.75 Å². The van der Waals surface area contributed by atoms with E-state index in [4.69, 9.17) is 34.7 Å². The van der Waals surface area contributed by atoms with Gasteiger partial charge in [0.2, 0.25) is 0 Å². The number of anilines is 2. The van der Waals surface area contributed by atoms with Crippen LogP contribution < -0.4 is 11.5 Å². The van der Waals surface area contributed by atoms with E-state index in [1.165, 1.54) is 0 Å². The monoisotopic (exact) mass is 374 g/mol. The van der Waals surface area contributed by atoms with Crippen LogP contribution in [0.2, 0.25) is 10.0 Å². The van der Waals surface area contributed by atoms with E-state index in [9.17, 15) is 0 Å². The van der Waals surface area contributed by atoms with Gasteiger partial charge in [-0.1, -0.05) is 56.1 Å². The Morgan fingerprint density at radius 2 is 1.41 bits per heavy atom. The predicted octanol–water partition coefficient (Wildman–Crippen LogP) is 6.02. The Hall–Kier alpha value is -0.680. The lowest BCUT2D eigenvalue weighted by molar-refractivity contribution is 0.803. The van der Waals surface area contributed by atoms with Crippen LogP contribution >= 0.6 is 47.6 Å². The van der Waals surface area contributed by atoms with E-state index >= 15 is 0 Å². The third kappa shape index (κ3) is 6.21. The second-order valence-electron chi connectivity index (χ2n) is 5.55. The minimum absolute atomic E-state index is 0.164. The molecule has 0 saturated heterocycles. The van der Waals surface area contributed by atoms with Gasteiger partial charge in [0.05, 0.1) is 21.4 Å². The largest absolute Gasteiger partial charge is 0.397 e. The van der Waals surface area contributed by atoms with E-state index in [1.807, 2.05) is 24.3 Å². The lowest BCUT2D eigenvalue weighted by Gasteiger charge is -2.18. The highest BCUT2D eigenvalue weighted by molar-refractivity contribution is 8.00. The van der Waals surface area contributed by atoms with Crippen LogP contribution in [0.4, 0.5) is 11.4 Å². The first-order valence-corrected chi connectivity index (χ1v) is 8.59. The summed E-state index contributed by atoms with van der Waals surface area (Å²) in [6.45, 7) is 6.45. The van der Waals surface area contributed by atoms with Crippen molar-refractivity contribution in [2.24, 2.45) is 0 Å². The van der Waals surface area contributed by atoms with Crippen LogP contribution in [-0.2, 0) is 0 Å². The smallest absolute Gasteiger partial charge is 0.0771 e. The Kier molecular flexibility index (Phi) is 7.26. The maximum absolute atomic E-state index is 6.05. The third-order valence-corrected chi connectivity index (χ3v) is 5.05. The Morgan fingerprint density at radius 1 is 0.909 bits per heavy atom. The van der Waals surface area contributed by atoms with E-state index in [0.29, 0.717) is 21.4 Å². The quantitative estimate of drug-likeness (QED) is 0.324. The molecule has 4 N–H and O–H groups in total. The number of hydrogen-bond donors (Lipinski definition) is 3. The molecule has 0 aliphatic carbocycles. The second-order valence-corrected chi connectivity index (χ2v) is 8.66. The molecule has 0 heterocycles. The minimum atomic E-state index is 0.164. The van der Waals surface area contributed by atoms with Gasteiger partial charge in [0.1, 0.15) is 0 Å². The molecule has 0 saturated carbocycles. The summed E-state index contributed by atoms with van der Waals surface area (Å²) >= 11 is 17.5. The zero-order valence-corrected chi connectivity index (χ0v) is 16.0. The molecule has 0 amide bonds. The molecular weight excluding hydrogens is 355 g/mol. The van der Waals surface area contributed by atoms with Crippen LogP contribution in [0, 0.1) is 0 Å². The molecule has 0 atom stereocenters. The van der Waals surface area contributed by atoms with Crippen LogP contribution in [0.3, 0.4) is 0 Å². The number of rotatable bonds is 1.